The molecule has 2 unspecified atom stereocenters. The number of anilines is 1. The first kappa shape index (κ1) is 13.9. The zero-order valence-electron chi connectivity index (χ0n) is 10.6. The second-order valence-corrected chi connectivity index (χ2v) is 4.22. The first-order valence-electron chi connectivity index (χ1n) is 5.85. The summed E-state index contributed by atoms with van der Waals surface area (Å²) < 4.78 is 10.3. The van der Waals surface area contributed by atoms with Crippen LogP contribution in [0.5, 0.6) is 11.5 Å². The second kappa shape index (κ2) is 5.66. The molecule has 20 heavy (non-hydrogen) atoms. The third-order valence-electron chi connectivity index (χ3n) is 2.67. The third kappa shape index (κ3) is 3.09. The van der Waals surface area contributed by atoms with E-state index in [9.17, 15) is 14.7 Å². The van der Waals surface area contributed by atoms with Gasteiger partial charge in [0.1, 0.15) is 0 Å². The van der Waals surface area contributed by atoms with Crippen molar-refractivity contribution in [3.8, 4) is 11.5 Å². The van der Waals surface area contributed by atoms with Crippen LogP contribution in [-0.2, 0) is 4.79 Å². The highest BCUT2D eigenvalue weighted by Gasteiger charge is 2.25. The van der Waals surface area contributed by atoms with E-state index in [2.05, 4.69) is 10.6 Å². The van der Waals surface area contributed by atoms with Crippen molar-refractivity contribution in [3.05, 3.63) is 18.2 Å². The summed E-state index contributed by atoms with van der Waals surface area (Å²) in [5, 5.41) is 22.7. The molecular formula is C12H14N2O6. The van der Waals surface area contributed by atoms with E-state index in [-0.39, 0.29) is 6.79 Å². The van der Waals surface area contributed by atoms with Gasteiger partial charge in [-0.15, -0.1) is 0 Å². The molecule has 1 aliphatic heterocycles. The van der Waals surface area contributed by atoms with E-state index >= 15 is 0 Å². The van der Waals surface area contributed by atoms with Gasteiger partial charge in [0.05, 0.1) is 6.10 Å². The van der Waals surface area contributed by atoms with Gasteiger partial charge in [-0.25, -0.2) is 9.59 Å². The van der Waals surface area contributed by atoms with Crippen LogP contribution in [-0.4, -0.2) is 41.2 Å². The zero-order chi connectivity index (χ0) is 14.7. The molecule has 1 heterocycles. The van der Waals surface area contributed by atoms with Gasteiger partial charge in [0.15, 0.2) is 17.5 Å². The summed E-state index contributed by atoms with van der Waals surface area (Å²) in [6, 6.07) is 2.65. The van der Waals surface area contributed by atoms with Gasteiger partial charge in [-0.05, 0) is 19.1 Å². The van der Waals surface area contributed by atoms with Gasteiger partial charge in [-0.2, -0.15) is 0 Å². The number of rotatable bonds is 4. The van der Waals surface area contributed by atoms with Crippen molar-refractivity contribution in [3.63, 3.8) is 0 Å². The molecule has 0 saturated heterocycles. The number of fused-ring (bicyclic) bond motifs is 1. The van der Waals surface area contributed by atoms with Crippen molar-refractivity contribution in [2.75, 3.05) is 12.1 Å². The number of carboxylic acids is 1. The summed E-state index contributed by atoms with van der Waals surface area (Å²) in [7, 11) is 0. The van der Waals surface area contributed by atoms with Crippen molar-refractivity contribution in [1.29, 1.82) is 0 Å². The van der Waals surface area contributed by atoms with Crippen LogP contribution in [0.1, 0.15) is 6.92 Å². The maximum Gasteiger partial charge on any atom is 0.328 e. The topological polar surface area (TPSA) is 117 Å². The molecule has 0 bridgehead atoms. The van der Waals surface area contributed by atoms with Gasteiger partial charge in [-0.1, -0.05) is 0 Å². The summed E-state index contributed by atoms with van der Waals surface area (Å²) in [5.41, 5.74) is 0.418. The number of urea groups is 1. The van der Waals surface area contributed by atoms with Crippen molar-refractivity contribution < 1.29 is 29.3 Å². The number of hydrogen-bond acceptors (Lipinski definition) is 5. The van der Waals surface area contributed by atoms with Crippen molar-refractivity contribution in [2.24, 2.45) is 0 Å². The quantitative estimate of drug-likeness (QED) is 0.634. The van der Waals surface area contributed by atoms with Crippen molar-refractivity contribution in [1.82, 2.24) is 5.32 Å². The SMILES string of the molecule is CC(O)C(NC(=O)Nc1ccc2c(c1)OCO2)C(=O)O. The minimum Gasteiger partial charge on any atom is -0.480 e. The minimum absolute atomic E-state index is 0.119. The number of carboxylic acid groups (broad SMARTS) is 1. The molecule has 1 aromatic rings. The Morgan fingerprint density at radius 1 is 1.30 bits per heavy atom. The van der Waals surface area contributed by atoms with E-state index in [1.54, 1.807) is 18.2 Å². The Bertz CT molecular complexity index is 531. The molecule has 0 aliphatic carbocycles. The molecule has 0 saturated carbocycles. The molecule has 108 valence electrons. The van der Waals surface area contributed by atoms with Gasteiger partial charge in [0, 0.05) is 11.8 Å². The monoisotopic (exact) mass is 282 g/mol. The van der Waals surface area contributed by atoms with Crippen LogP contribution in [0, 0.1) is 0 Å². The van der Waals surface area contributed by atoms with E-state index in [0.29, 0.717) is 17.2 Å². The van der Waals surface area contributed by atoms with Crippen LogP contribution >= 0.6 is 0 Å². The molecule has 8 nitrogen and oxygen atoms in total. The molecule has 2 atom stereocenters. The van der Waals surface area contributed by atoms with Gasteiger partial charge in [-0.3, -0.25) is 0 Å². The van der Waals surface area contributed by atoms with Crippen LogP contribution in [0.4, 0.5) is 10.5 Å². The molecule has 2 rings (SSSR count). The average Bonchev–Trinajstić information content (AvgIpc) is 2.82. The molecule has 0 spiro atoms. The largest absolute Gasteiger partial charge is 0.480 e. The van der Waals surface area contributed by atoms with Crippen LogP contribution < -0.4 is 20.1 Å². The van der Waals surface area contributed by atoms with Crippen LogP contribution in [0.2, 0.25) is 0 Å². The Labute approximate surface area is 114 Å². The molecule has 8 heteroatoms. The van der Waals surface area contributed by atoms with Crippen molar-refractivity contribution in [2.45, 2.75) is 19.1 Å². The Hall–Kier alpha value is -2.48. The first-order valence-corrected chi connectivity index (χ1v) is 5.85. The highest BCUT2D eigenvalue weighted by molar-refractivity contribution is 5.92. The molecule has 0 radical (unpaired) electrons. The second-order valence-electron chi connectivity index (χ2n) is 4.22. The minimum atomic E-state index is -1.39. The maximum absolute atomic E-state index is 11.7. The number of aliphatic carboxylic acids is 1. The lowest BCUT2D eigenvalue weighted by Gasteiger charge is -2.17. The lowest BCUT2D eigenvalue weighted by molar-refractivity contribution is -0.141. The van der Waals surface area contributed by atoms with Gasteiger partial charge < -0.3 is 30.3 Å². The Kier molecular flexibility index (Phi) is 3.94. The summed E-state index contributed by atoms with van der Waals surface area (Å²) in [5.74, 6) is -0.253. The summed E-state index contributed by atoms with van der Waals surface area (Å²) >= 11 is 0. The number of hydrogen-bond donors (Lipinski definition) is 4. The molecule has 0 fully saturated rings. The fourth-order valence-electron chi connectivity index (χ4n) is 1.67. The summed E-state index contributed by atoms with van der Waals surface area (Å²) in [6.07, 6.45) is -1.21. The number of ether oxygens (including phenoxy) is 2. The van der Waals surface area contributed by atoms with Gasteiger partial charge in [0.25, 0.3) is 0 Å². The molecule has 0 aromatic heterocycles. The highest BCUT2D eigenvalue weighted by Crippen LogP contribution is 2.34. The van der Waals surface area contributed by atoms with E-state index < -0.39 is 24.1 Å². The lowest BCUT2D eigenvalue weighted by atomic mass is 10.2. The maximum atomic E-state index is 11.7. The van der Waals surface area contributed by atoms with E-state index in [0.717, 1.165) is 0 Å². The van der Waals surface area contributed by atoms with Gasteiger partial charge >= 0.3 is 12.0 Å². The average molecular weight is 282 g/mol. The zero-order valence-corrected chi connectivity index (χ0v) is 10.6. The van der Waals surface area contributed by atoms with E-state index in [1.807, 2.05) is 0 Å². The molecule has 1 aromatic carbocycles. The highest BCUT2D eigenvalue weighted by atomic mass is 16.7. The summed E-state index contributed by atoms with van der Waals surface area (Å²) in [6.45, 7) is 1.40. The third-order valence-corrected chi connectivity index (χ3v) is 2.67. The van der Waals surface area contributed by atoms with Crippen LogP contribution in [0.15, 0.2) is 18.2 Å². The van der Waals surface area contributed by atoms with Crippen molar-refractivity contribution >= 4 is 17.7 Å². The van der Waals surface area contributed by atoms with Crippen LogP contribution in [0.3, 0.4) is 0 Å². The number of carbonyl (C=O) groups excluding carboxylic acids is 1. The standard InChI is InChI=1S/C12H14N2O6/c1-6(15)10(11(16)17)14-12(18)13-7-2-3-8-9(4-7)20-5-19-8/h2-4,6,10,15H,5H2,1H3,(H,16,17)(H2,13,14,18). The number of amides is 2. The number of nitrogens with one attached hydrogen (secondary N) is 2. The summed E-state index contributed by atoms with van der Waals surface area (Å²) in [4.78, 5) is 22.5. The molecule has 1 aliphatic rings. The first-order chi connectivity index (χ1) is 9.47. The number of aliphatic hydroxyl groups excluding tert-OH is 1. The fraction of sp³-hybridized carbons (Fsp3) is 0.333. The fourth-order valence-corrected chi connectivity index (χ4v) is 1.67. The number of carbonyl (C=O) groups is 2. The lowest BCUT2D eigenvalue weighted by Crippen LogP contribution is -2.49. The smallest absolute Gasteiger partial charge is 0.328 e. The number of aliphatic hydroxyl groups is 1. The normalized spacial score (nSPS) is 15.3. The molecule has 4 N–H and O–H groups in total. The van der Waals surface area contributed by atoms with Gasteiger partial charge in [0.2, 0.25) is 6.79 Å². The molecule has 2 amide bonds. The van der Waals surface area contributed by atoms with Crippen LogP contribution in [0.25, 0.3) is 0 Å². The Morgan fingerprint density at radius 3 is 2.65 bits per heavy atom. The predicted molar refractivity (Wildman–Crippen MR) is 67.8 cm³/mol. The van der Waals surface area contributed by atoms with E-state index in [1.165, 1.54) is 6.92 Å². The Morgan fingerprint density at radius 2 is 2.00 bits per heavy atom. The predicted octanol–water partition coefficient (Wildman–Crippen LogP) is 0.371. The van der Waals surface area contributed by atoms with E-state index in [4.69, 9.17) is 14.6 Å². The number of benzene rings is 1. The molecular weight excluding hydrogens is 268 g/mol. The Balaban J connectivity index is 1.99.